The summed E-state index contributed by atoms with van der Waals surface area (Å²) in [5.41, 5.74) is 0.973. The van der Waals surface area contributed by atoms with E-state index in [1.165, 1.54) is 19.3 Å². The largest absolute Gasteiger partial charge is 0.462 e. The Bertz CT molecular complexity index is 656. The summed E-state index contributed by atoms with van der Waals surface area (Å²) in [6.07, 6.45) is 12.5. The molecule has 0 aromatic rings. The SMILES string of the molecule is CC[C@H]1CCCC[C@@H](C)C(=O)C2=CC3[C@@H]4CCCC4[C@H](NC)C[C@H]3[C@@H]2CC(=O)O1. The van der Waals surface area contributed by atoms with E-state index in [1.54, 1.807) is 0 Å². The highest BCUT2D eigenvalue weighted by Crippen LogP contribution is 2.56. The van der Waals surface area contributed by atoms with Crippen molar-refractivity contribution in [1.29, 1.82) is 0 Å². The zero-order valence-electron chi connectivity index (χ0n) is 18.5. The molecule has 0 radical (unpaired) electrons. The molecule has 8 atom stereocenters. The van der Waals surface area contributed by atoms with Crippen molar-refractivity contribution < 1.29 is 14.3 Å². The first-order valence-electron chi connectivity index (χ1n) is 12.2. The average molecular weight is 402 g/mol. The van der Waals surface area contributed by atoms with E-state index in [1.807, 2.05) is 0 Å². The molecular weight excluding hydrogens is 362 g/mol. The number of ketones is 1. The minimum absolute atomic E-state index is 0.0354. The van der Waals surface area contributed by atoms with E-state index in [4.69, 9.17) is 4.74 Å². The lowest BCUT2D eigenvalue weighted by molar-refractivity contribution is -0.151. The highest BCUT2D eigenvalue weighted by molar-refractivity contribution is 5.98. The lowest BCUT2D eigenvalue weighted by atomic mass is 9.64. The van der Waals surface area contributed by atoms with Crippen LogP contribution in [0.15, 0.2) is 11.6 Å². The maximum atomic E-state index is 13.4. The van der Waals surface area contributed by atoms with Crippen molar-refractivity contribution in [1.82, 2.24) is 5.32 Å². The van der Waals surface area contributed by atoms with Gasteiger partial charge in [0.15, 0.2) is 5.78 Å². The summed E-state index contributed by atoms with van der Waals surface area (Å²) in [4.78, 5) is 26.3. The minimum atomic E-state index is -0.0935. The van der Waals surface area contributed by atoms with Gasteiger partial charge in [0, 0.05) is 17.9 Å². The Morgan fingerprint density at radius 3 is 2.55 bits per heavy atom. The van der Waals surface area contributed by atoms with Crippen molar-refractivity contribution in [3.8, 4) is 0 Å². The summed E-state index contributed by atoms with van der Waals surface area (Å²) in [5.74, 6) is 2.62. The molecule has 2 unspecified atom stereocenters. The van der Waals surface area contributed by atoms with Crippen LogP contribution in [0.4, 0.5) is 0 Å². The summed E-state index contributed by atoms with van der Waals surface area (Å²) in [6, 6.07) is 0.518. The van der Waals surface area contributed by atoms with E-state index in [-0.39, 0.29) is 23.9 Å². The molecule has 3 aliphatic carbocycles. The molecular formula is C25H39NO3. The fraction of sp³-hybridized carbons (Fsp3) is 0.840. The van der Waals surface area contributed by atoms with Gasteiger partial charge in [0.1, 0.15) is 6.10 Å². The first kappa shape index (κ1) is 21.1. The van der Waals surface area contributed by atoms with Gasteiger partial charge >= 0.3 is 5.97 Å². The molecule has 0 aromatic heterocycles. The predicted octanol–water partition coefficient (Wildman–Crippen LogP) is 4.67. The number of ether oxygens (including phenoxy) is 1. The predicted molar refractivity (Wildman–Crippen MR) is 114 cm³/mol. The number of esters is 1. The van der Waals surface area contributed by atoms with Crippen molar-refractivity contribution in [3.05, 3.63) is 11.6 Å². The quantitative estimate of drug-likeness (QED) is 0.683. The number of allylic oxidation sites excluding steroid dienone is 2. The lowest BCUT2D eigenvalue weighted by Crippen LogP contribution is -2.46. The van der Waals surface area contributed by atoms with Crippen LogP contribution in [0.2, 0.25) is 0 Å². The van der Waals surface area contributed by atoms with E-state index in [9.17, 15) is 9.59 Å². The van der Waals surface area contributed by atoms with E-state index < -0.39 is 0 Å². The van der Waals surface area contributed by atoms with Crippen LogP contribution >= 0.6 is 0 Å². The molecule has 0 aromatic carbocycles. The Morgan fingerprint density at radius 1 is 1.03 bits per heavy atom. The van der Waals surface area contributed by atoms with Crippen LogP contribution < -0.4 is 5.32 Å². The molecule has 0 spiro atoms. The third-order valence-electron chi connectivity index (χ3n) is 8.60. The van der Waals surface area contributed by atoms with Gasteiger partial charge in [-0.15, -0.1) is 0 Å². The molecule has 4 rings (SSSR count). The summed E-state index contributed by atoms with van der Waals surface area (Å²) < 4.78 is 5.87. The molecule has 4 aliphatic rings. The fourth-order valence-electron chi connectivity index (χ4n) is 7.04. The second-order valence-electron chi connectivity index (χ2n) is 10.1. The number of carbonyl (C=O) groups is 2. The second-order valence-corrected chi connectivity index (χ2v) is 10.1. The summed E-state index contributed by atoms with van der Waals surface area (Å²) in [7, 11) is 2.08. The first-order valence-corrected chi connectivity index (χ1v) is 12.2. The number of hydrogen-bond acceptors (Lipinski definition) is 4. The summed E-state index contributed by atoms with van der Waals surface area (Å²) in [6.45, 7) is 4.20. The topological polar surface area (TPSA) is 55.4 Å². The number of rotatable bonds is 2. The molecule has 4 heteroatoms. The minimum Gasteiger partial charge on any atom is -0.462 e. The van der Waals surface area contributed by atoms with Crippen LogP contribution in [-0.4, -0.2) is 30.9 Å². The van der Waals surface area contributed by atoms with Crippen LogP contribution in [0.25, 0.3) is 0 Å². The monoisotopic (exact) mass is 401 g/mol. The maximum Gasteiger partial charge on any atom is 0.306 e. The Labute approximate surface area is 176 Å². The molecule has 0 bridgehead atoms. The number of nitrogens with one attached hydrogen (secondary N) is 1. The number of fused-ring (bicyclic) bond motifs is 5. The Kier molecular flexibility index (Phi) is 6.48. The normalized spacial score (nSPS) is 43.3. The van der Waals surface area contributed by atoms with Crippen molar-refractivity contribution >= 4 is 11.8 Å². The molecule has 0 amide bonds. The smallest absolute Gasteiger partial charge is 0.306 e. The van der Waals surface area contributed by atoms with Gasteiger partial charge in [0.05, 0.1) is 6.42 Å². The third kappa shape index (κ3) is 4.06. The molecule has 1 saturated heterocycles. The van der Waals surface area contributed by atoms with E-state index in [2.05, 4.69) is 32.3 Å². The van der Waals surface area contributed by atoms with Crippen molar-refractivity contribution in [2.24, 2.45) is 35.5 Å². The molecule has 4 nitrogen and oxygen atoms in total. The average Bonchev–Trinajstić information content (AvgIpc) is 3.33. The third-order valence-corrected chi connectivity index (χ3v) is 8.60. The van der Waals surface area contributed by atoms with Crippen molar-refractivity contribution in [2.45, 2.75) is 90.2 Å². The zero-order chi connectivity index (χ0) is 20.5. The zero-order valence-corrected chi connectivity index (χ0v) is 18.5. The molecule has 29 heavy (non-hydrogen) atoms. The second kappa shape index (κ2) is 8.91. The van der Waals surface area contributed by atoms with Gasteiger partial charge < -0.3 is 10.1 Å². The molecule has 3 fully saturated rings. The summed E-state index contributed by atoms with van der Waals surface area (Å²) >= 11 is 0. The first-order chi connectivity index (χ1) is 14.0. The van der Waals surface area contributed by atoms with E-state index in [0.29, 0.717) is 36.0 Å². The van der Waals surface area contributed by atoms with Gasteiger partial charge in [-0.25, -0.2) is 0 Å². The van der Waals surface area contributed by atoms with Gasteiger partial charge in [0.2, 0.25) is 0 Å². The van der Waals surface area contributed by atoms with Crippen LogP contribution in [-0.2, 0) is 14.3 Å². The van der Waals surface area contributed by atoms with Crippen LogP contribution in [0, 0.1) is 35.5 Å². The lowest BCUT2D eigenvalue weighted by Gasteiger charge is -2.43. The standard InChI is InChI=1S/C25H39NO3/c1-4-16-9-6-5-8-15(2)25(28)22-12-19-17-10-7-11-18(17)23(26-3)13-20(19)21(22)14-24(27)29-16/h12,15-21,23,26H,4-11,13-14H2,1-3H3/t15-,16+,17-,18?,19?,20-,21+,23-/m1/s1. The number of Topliss-reactive ketones (excluding diaryl/α,β-unsaturated/α-hetero) is 1. The molecule has 162 valence electrons. The van der Waals surface area contributed by atoms with Gasteiger partial charge in [-0.05, 0) is 81.2 Å². The maximum absolute atomic E-state index is 13.4. The van der Waals surface area contributed by atoms with Gasteiger partial charge in [-0.1, -0.05) is 32.8 Å². The highest BCUT2D eigenvalue weighted by Gasteiger charge is 2.52. The molecule has 1 aliphatic heterocycles. The summed E-state index contributed by atoms with van der Waals surface area (Å²) in [5, 5.41) is 3.58. The van der Waals surface area contributed by atoms with Crippen LogP contribution in [0.1, 0.15) is 78.1 Å². The molecule has 2 saturated carbocycles. The highest BCUT2D eigenvalue weighted by atomic mass is 16.5. The van der Waals surface area contributed by atoms with E-state index >= 15 is 0 Å². The molecule has 1 heterocycles. The Morgan fingerprint density at radius 2 is 1.79 bits per heavy atom. The number of carbonyl (C=O) groups excluding carboxylic acids is 2. The number of cyclic esters (lactones) is 1. The van der Waals surface area contributed by atoms with Gasteiger partial charge in [-0.2, -0.15) is 0 Å². The van der Waals surface area contributed by atoms with Gasteiger partial charge in [0.25, 0.3) is 0 Å². The number of hydrogen-bond donors (Lipinski definition) is 1. The van der Waals surface area contributed by atoms with Crippen molar-refractivity contribution in [2.75, 3.05) is 7.05 Å². The van der Waals surface area contributed by atoms with Crippen LogP contribution in [0.3, 0.4) is 0 Å². The van der Waals surface area contributed by atoms with E-state index in [0.717, 1.165) is 50.0 Å². The van der Waals surface area contributed by atoms with Gasteiger partial charge in [-0.3, -0.25) is 9.59 Å². The Hall–Kier alpha value is -1.16. The van der Waals surface area contributed by atoms with Crippen LogP contribution in [0.5, 0.6) is 0 Å². The van der Waals surface area contributed by atoms with Crippen molar-refractivity contribution in [3.63, 3.8) is 0 Å². The molecule has 1 N–H and O–H groups in total. The fourth-order valence-corrected chi connectivity index (χ4v) is 7.04. The Balaban J connectivity index is 1.63.